The largest absolute Gasteiger partial charge is 0.480 e. The quantitative estimate of drug-likeness (QED) is 0.384. The Morgan fingerprint density at radius 2 is 1.79 bits per heavy atom. The van der Waals surface area contributed by atoms with Gasteiger partial charge in [0.2, 0.25) is 5.91 Å². The molecular formula is C11H21N3O5. The Bertz CT molecular complexity index is 319. The molecular weight excluding hydrogens is 254 g/mol. The fraction of sp³-hybridized carbons (Fsp3) is 0.727. The van der Waals surface area contributed by atoms with Crippen LogP contribution >= 0.6 is 0 Å². The molecule has 0 aromatic rings. The molecule has 0 rings (SSSR count). The van der Waals surface area contributed by atoms with E-state index >= 15 is 0 Å². The number of aliphatic hydroxyl groups is 1. The molecule has 0 bridgehead atoms. The SMILES string of the molecule is CC(C)CNC(=O)CNC(=O)NC(CCO)C(=O)O. The van der Waals surface area contributed by atoms with E-state index in [1.54, 1.807) is 0 Å². The van der Waals surface area contributed by atoms with Crippen LogP contribution in [0.25, 0.3) is 0 Å². The molecule has 5 N–H and O–H groups in total. The van der Waals surface area contributed by atoms with Crippen molar-refractivity contribution in [2.24, 2.45) is 5.92 Å². The van der Waals surface area contributed by atoms with Crippen LogP contribution in [-0.2, 0) is 9.59 Å². The maximum absolute atomic E-state index is 11.3. The molecule has 0 aliphatic carbocycles. The highest BCUT2D eigenvalue weighted by atomic mass is 16.4. The number of carbonyl (C=O) groups is 3. The highest BCUT2D eigenvalue weighted by Crippen LogP contribution is 1.91. The van der Waals surface area contributed by atoms with Crippen molar-refractivity contribution in [2.45, 2.75) is 26.3 Å². The fourth-order valence-electron chi connectivity index (χ4n) is 1.14. The predicted molar refractivity (Wildman–Crippen MR) is 67.5 cm³/mol. The van der Waals surface area contributed by atoms with Gasteiger partial charge in [-0.2, -0.15) is 0 Å². The molecule has 0 radical (unpaired) electrons. The molecule has 1 atom stereocenters. The monoisotopic (exact) mass is 275 g/mol. The summed E-state index contributed by atoms with van der Waals surface area (Å²) in [4.78, 5) is 33.3. The van der Waals surface area contributed by atoms with Crippen LogP contribution in [0.5, 0.6) is 0 Å². The van der Waals surface area contributed by atoms with Crippen molar-refractivity contribution in [1.29, 1.82) is 0 Å². The summed E-state index contributed by atoms with van der Waals surface area (Å²) in [5.74, 6) is -1.29. The van der Waals surface area contributed by atoms with Gasteiger partial charge in [0.1, 0.15) is 6.04 Å². The second kappa shape index (κ2) is 9.15. The zero-order valence-electron chi connectivity index (χ0n) is 11.1. The van der Waals surface area contributed by atoms with Crippen molar-refractivity contribution < 1.29 is 24.6 Å². The molecule has 3 amide bonds. The first-order valence-corrected chi connectivity index (χ1v) is 6.01. The van der Waals surface area contributed by atoms with E-state index in [0.717, 1.165) is 0 Å². The number of hydrogen-bond acceptors (Lipinski definition) is 4. The number of carbonyl (C=O) groups excluding carboxylic acids is 2. The Hall–Kier alpha value is -1.83. The van der Waals surface area contributed by atoms with Gasteiger partial charge in [-0.1, -0.05) is 13.8 Å². The van der Waals surface area contributed by atoms with Crippen LogP contribution in [0, 0.1) is 5.92 Å². The van der Waals surface area contributed by atoms with Crippen LogP contribution in [0.2, 0.25) is 0 Å². The van der Waals surface area contributed by atoms with Crippen molar-refractivity contribution in [2.75, 3.05) is 19.7 Å². The van der Waals surface area contributed by atoms with Gasteiger partial charge in [0, 0.05) is 19.6 Å². The minimum absolute atomic E-state index is 0.0949. The molecule has 0 fully saturated rings. The molecule has 0 aliphatic heterocycles. The van der Waals surface area contributed by atoms with Gasteiger partial charge in [0.25, 0.3) is 0 Å². The first-order valence-electron chi connectivity index (χ1n) is 6.01. The number of nitrogens with one attached hydrogen (secondary N) is 3. The van der Waals surface area contributed by atoms with Crippen LogP contribution < -0.4 is 16.0 Å². The van der Waals surface area contributed by atoms with Crippen LogP contribution in [-0.4, -0.2) is 53.9 Å². The third-order valence-corrected chi connectivity index (χ3v) is 2.14. The molecule has 0 aromatic carbocycles. The number of carboxylic acids is 1. The van der Waals surface area contributed by atoms with Gasteiger partial charge in [-0.25, -0.2) is 9.59 Å². The molecule has 8 nitrogen and oxygen atoms in total. The van der Waals surface area contributed by atoms with E-state index in [2.05, 4.69) is 16.0 Å². The molecule has 0 aromatic heterocycles. The molecule has 0 heterocycles. The van der Waals surface area contributed by atoms with E-state index in [1.165, 1.54) is 0 Å². The van der Waals surface area contributed by atoms with Crippen LogP contribution in [0.3, 0.4) is 0 Å². The van der Waals surface area contributed by atoms with Gasteiger partial charge < -0.3 is 26.2 Å². The Balaban J connectivity index is 3.96. The van der Waals surface area contributed by atoms with E-state index < -0.39 is 18.0 Å². The van der Waals surface area contributed by atoms with E-state index in [4.69, 9.17) is 10.2 Å². The van der Waals surface area contributed by atoms with E-state index in [-0.39, 0.29) is 25.5 Å². The molecule has 0 saturated carbocycles. The number of hydrogen-bond donors (Lipinski definition) is 5. The average molecular weight is 275 g/mol. The molecule has 1 unspecified atom stereocenters. The van der Waals surface area contributed by atoms with Crippen LogP contribution in [0.15, 0.2) is 0 Å². The number of amides is 3. The topological polar surface area (TPSA) is 128 Å². The van der Waals surface area contributed by atoms with Crippen LogP contribution in [0.4, 0.5) is 4.79 Å². The molecule has 8 heteroatoms. The zero-order chi connectivity index (χ0) is 14.8. The number of carboxylic acid groups (broad SMARTS) is 1. The van der Waals surface area contributed by atoms with Gasteiger partial charge in [0.05, 0.1) is 6.54 Å². The first-order chi connectivity index (χ1) is 8.86. The minimum atomic E-state index is -1.24. The van der Waals surface area contributed by atoms with Crippen molar-refractivity contribution in [3.8, 4) is 0 Å². The lowest BCUT2D eigenvalue weighted by Gasteiger charge is -2.14. The maximum Gasteiger partial charge on any atom is 0.326 e. The third kappa shape index (κ3) is 8.83. The highest BCUT2D eigenvalue weighted by molar-refractivity contribution is 5.86. The summed E-state index contributed by atoms with van der Waals surface area (Å²) in [6, 6.07) is -1.94. The Labute approximate surface area is 111 Å². The Morgan fingerprint density at radius 3 is 2.26 bits per heavy atom. The molecule has 0 spiro atoms. The van der Waals surface area contributed by atoms with Gasteiger partial charge in [0.15, 0.2) is 0 Å². The Kier molecular flexibility index (Phi) is 8.27. The molecule has 0 saturated heterocycles. The predicted octanol–water partition coefficient (Wildman–Crippen LogP) is -1.11. The van der Waals surface area contributed by atoms with Gasteiger partial charge >= 0.3 is 12.0 Å². The van der Waals surface area contributed by atoms with Gasteiger partial charge in [-0.3, -0.25) is 4.79 Å². The summed E-state index contributed by atoms with van der Waals surface area (Å²) >= 11 is 0. The Morgan fingerprint density at radius 1 is 1.16 bits per heavy atom. The van der Waals surface area contributed by atoms with Crippen molar-refractivity contribution in [1.82, 2.24) is 16.0 Å². The molecule has 110 valence electrons. The average Bonchev–Trinajstić information content (AvgIpc) is 2.33. The standard InChI is InChI=1S/C11H21N3O5/c1-7(2)5-12-9(16)6-13-11(19)14-8(3-4-15)10(17)18/h7-8,15H,3-6H2,1-2H3,(H,12,16)(H,17,18)(H2,13,14,19). The van der Waals surface area contributed by atoms with Crippen molar-refractivity contribution >= 4 is 17.9 Å². The smallest absolute Gasteiger partial charge is 0.326 e. The fourth-order valence-corrected chi connectivity index (χ4v) is 1.14. The van der Waals surface area contributed by atoms with Crippen LogP contribution in [0.1, 0.15) is 20.3 Å². The number of aliphatic carboxylic acids is 1. The summed E-state index contributed by atoms with van der Waals surface area (Å²) in [6.07, 6.45) is -0.0949. The lowest BCUT2D eigenvalue weighted by molar-refractivity contribution is -0.139. The first kappa shape index (κ1) is 17.2. The number of aliphatic hydroxyl groups excluding tert-OH is 1. The minimum Gasteiger partial charge on any atom is -0.480 e. The van der Waals surface area contributed by atoms with Crippen molar-refractivity contribution in [3.05, 3.63) is 0 Å². The second-order valence-electron chi connectivity index (χ2n) is 4.43. The molecule has 19 heavy (non-hydrogen) atoms. The summed E-state index contributed by atoms with van der Waals surface area (Å²) in [5, 5.41) is 24.4. The lowest BCUT2D eigenvalue weighted by Crippen LogP contribution is -2.48. The van der Waals surface area contributed by atoms with Crippen molar-refractivity contribution in [3.63, 3.8) is 0 Å². The highest BCUT2D eigenvalue weighted by Gasteiger charge is 2.19. The summed E-state index contributed by atoms with van der Waals surface area (Å²) in [7, 11) is 0. The van der Waals surface area contributed by atoms with Gasteiger partial charge in [-0.15, -0.1) is 0 Å². The summed E-state index contributed by atoms with van der Waals surface area (Å²) in [5.41, 5.74) is 0. The van der Waals surface area contributed by atoms with Gasteiger partial charge in [-0.05, 0) is 5.92 Å². The normalized spacial score (nSPS) is 11.8. The van der Waals surface area contributed by atoms with E-state index in [9.17, 15) is 14.4 Å². The third-order valence-electron chi connectivity index (χ3n) is 2.14. The summed E-state index contributed by atoms with van der Waals surface area (Å²) < 4.78 is 0. The number of rotatable bonds is 8. The van der Waals surface area contributed by atoms with E-state index in [0.29, 0.717) is 12.5 Å². The number of urea groups is 1. The van der Waals surface area contributed by atoms with E-state index in [1.807, 2.05) is 13.8 Å². The second-order valence-corrected chi connectivity index (χ2v) is 4.43. The lowest BCUT2D eigenvalue weighted by atomic mass is 10.2. The molecule has 0 aliphatic rings. The summed E-state index contributed by atoms with van der Waals surface area (Å²) in [6.45, 7) is 3.79. The maximum atomic E-state index is 11.3. The zero-order valence-corrected chi connectivity index (χ0v) is 11.1.